The van der Waals surface area contributed by atoms with Crippen LogP contribution in [0.3, 0.4) is 0 Å². The second-order valence-corrected chi connectivity index (χ2v) is 15.1. The summed E-state index contributed by atoms with van der Waals surface area (Å²) in [5.74, 6) is 1.78. The number of aromatic nitrogens is 4. The van der Waals surface area contributed by atoms with Crippen molar-refractivity contribution in [2.24, 2.45) is 0 Å². The van der Waals surface area contributed by atoms with Gasteiger partial charge in [0.05, 0.1) is 13.2 Å². The number of alkyl halides is 1. The molecule has 7 rings (SSSR count). The maximum Gasteiger partial charge on any atom is 0.119 e. The molecule has 2 aromatic carbocycles. The normalized spacial score (nSPS) is 12.4. The van der Waals surface area contributed by atoms with Crippen LogP contribution < -0.4 is 30.9 Å². The Hall–Kier alpha value is -4.88. The van der Waals surface area contributed by atoms with Crippen LogP contribution >= 0.6 is 15.9 Å². The highest BCUT2D eigenvalue weighted by Gasteiger charge is 2.15. The van der Waals surface area contributed by atoms with Crippen LogP contribution in [0.5, 0.6) is 11.5 Å². The first-order valence-electron chi connectivity index (χ1n) is 19.9. The molecule has 0 aliphatic carbocycles. The molecule has 1 aliphatic rings. The summed E-state index contributed by atoms with van der Waals surface area (Å²) < 4.78 is 12.2. The number of H-pyrrole nitrogens is 4. The van der Waals surface area contributed by atoms with Crippen LogP contribution in [0.25, 0.3) is 23.3 Å². The Kier molecular flexibility index (Phi) is 13.1. The third kappa shape index (κ3) is 9.80. The van der Waals surface area contributed by atoms with Gasteiger partial charge >= 0.3 is 0 Å². The van der Waals surface area contributed by atoms with Crippen molar-refractivity contribution in [2.45, 2.75) is 77.6 Å². The zero-order valence-corrected chi connectivity index (χ0v) is 33.1. The summed E-state index contributed by atoms with van der Waals surface area (Å²) in [5, 5.41) is 5.04. The summed E-state index contributed by atoms with van der Waals surface area (Å²) in [5.41, 5.74) is 8.49. The van der Waals surface area contributed by atoms with Crippen molar-refractivity contribution in [1.29, 1.82) is 0 Å². The number of aromatic amines is 4. The molecular weight excluding hydrogens is 732 g/mol. The van der Waals surface area contributed by atoms with E-state index in [4.69, 9.17) is 9.47 Å². The molecule has 280 valence electrons. The van der Waals surface area contributed by atoms with Crippen molar-refractivity contribution in [3.63, 3.8) is 0 Å². The molecule has 5 heterocycles. The molecule has 0 amide bonds. The standard InChI is InChI=1S/C47H53BrN4O2/c1-2-3-4-5-6-7-8-9-10-11-30-53-40-21-13-34(14-22-40)46-42-25-19-38(50-42)32-36-17-18-37(49-36)33-39-20-26-43(51-39)47(45-28-27-44(46)52-45)35-15-23-41(24-16-35)54-31-12-29-48/h13-28,32-33,49-52H,2-12,29-31H2,1H3. The molecule has 1 aliphatic heterocycles. The van der Waals surface area contributed by atoms with Crippen LogP contribution in [0.15, 0.2) is 97.1 Å². The van der Waals surface area contributed by atoms with E-state index in [1.807, 2.05) is 0 Å². The van der Waals surface area contributed by atoms with Crippen LogP contribution in [0.4, 0.5) is 0 Å². The minimum atomic E-state index is 0.681. The summed E-state index contributed by atoms with van der Waals surface area (Å²) in [6, 6.07) is 34.2. The van der Waals surface area contributed by atoms with Gasteiger partial charge in [0.15, 0.2) is 0 Å². The van der Waals surface area contributed by atoms with E-state index in [0.29, 0.717) is 6.61 Å². The molecule has 0 fully saturated rings. The number of ether oxygens (including phenoxy) is 2. The Balaban J connectivity index is 1.16. The van der Waals surface area contributed by atoms with Crippen LogP contribution in [-0.2, 0) is 0 Å². The van der Waals surface area contributed by atoms with Gasteiger partial charge in [-0.15, -0.1) is 0 Å². The maximum absolute atomic E-state index is 6.21. The van der Waals surface area contributed by atoms with Crippen molar-refractivity contribution in [1.82, 2.24) is 19.9 Å². The number of unbranched alkanes of at least 4 members (excludes halogenated alkanes) is 9. The van der Waals surface area contributed by atoms with Gasteiger partial charge in [-0.3, -0.25) is 0 Å². The largest absolute Gasteiger partial charge is 0.494 e. The smallest absolute Gasteiger partial charge is 0.119 e. The van der Waals surface area contributed by atoms with Gasteiger partial charge in [-0.2, -0.15) is 0 Å². The number of hydrogen-bond acceptors (Lipinski definition) is 2. The average Bonchev–Trinajstić information content (AvgIpc) is 4.03. The minimum Gasteiger partial charge on any atom is -0.494 e. The fourth-order valence-corrected chi connectivity index (χ4v) is 7.50. The summed E-state index contributed by atoms with van der Waals surface area (Å²) in [6.45, 7) is 3.71. The highest BCUT2D eigenvalue weighted by Crippen LogP contribution is 2.28. The van der Waals surface area contributed by atoms with Crippen LogP contribution in [0.1, 0.15) is 111 Å². The molecule has 6 nitrogen and oxygen atoms in total. The number of hydrogen-bond donors (Lipinski definition) is 4. The number of halogens is 1. The lowest BCUT2D eigenvalue weighted by molar-refractivity contribution is 0.304. The second kappa shape index (κ2) is 18.9. The molecule has 6 aromatic rings. The highest BCUT2D eigenvalue weighted by atomic mass is 79.9. The lowest BCUT2D eigenvalue weighted by atomic mass is 10.0. The molecule has 7 heteroatoms. The van der Waals surface area contributed by atoms with Gasteiger partial charge in [0, 0.05) is 60.6 Å². The monoisotopic (exact) mass is 784 g/mol. The average molecular weight is 786 g/mol. The first-order valence-corrected chi connectivity index (χ1v) is 21.0. The van der Waals surface area contributed by atoms with E-state index in [9.17, 15) is 0 Å². The van der Waals surface area contributed by atoms with Gasteiger partial charge in [0.1, 0.15) is 11.5 Å². The predicted octanol–water partition coefficient (Wildman–Crippen LogP) is 8.93. The lowest BCUT2D eigenvalue weighted by Crippen LogP contribution is -2.16. The van der Waals surface area contributed by atoms with Crippen molar-refractivity contribution in [3.8, 4) is 11.5 Å². The Morgan fingerprint density at radius 2 is 0.907 bits per heavy atom. The van der Waals surface area contributed by atoms with E-state index in [0.717, 1.165) is 103 Å². The summed E-state index contributed by atoms with van der Waals surface area (Å²) in [7, 11) is 0. The van der Waals surface area contributed by atoms with Gasteiger partial charge in [-0.05, 0) is 109 Å². The molecule has 0 atom stereocenters. The Morgan fingerprint density at radius 3 is 1.39 bits per heavy atom. The highest BCUT2D eigenvalue weighted by molar-refractivity contribution is 9.09. The molecule has 8 bridgehead atoms. The van der Waals surface area contributed by atoms with E-state index >= 15 is 0 Å². The van der Waals surface area contributed by atoms with E-state index in [2.05, 4.69) is 152 Å². The van der Waals surface area contributed by atoms with Gasteiger partial charge in [-0.1, -0.05) is 105 Å². The van der Waals surface area contributed by atoms with Crippen LogP contribution in [0, 0.1) is 0 Å². The summed E-state index contributed by atoms with van der Waals surface area (Å²) in [4.78, 5) is 14.8. The molecule has 4 N–H and O–H groups in total. The van der Waals surface area contributed by atoms with Gasteiger partial charge < -0.3 is 29.4 Å². The van der Waals surface area contributed by atoms with Gasteiger partial charge in [-0.25, -0.2) is 0 Å². The molecule has 0 radical (unpaired) electrons. The molecule has 54 heavy (non-hydrogen) atoms. The Bertz CT molecular complexity index is 2320. The predicted molar refractivity (Wildman–Crippen MR) is 226 cm³/mol. The fraction of sp³-hybridized carbons (Fsp3) is 0.319. The summed E-state index contributed by atoms with van der Waals surface area (Å²) >= 11 is 3.49. The Morgan fingerprint density at radius 1 is 0.444 bits per heavy atom. The first-order chi connectivity index (χ1) is 26.7. The van der Waals surface area contributed by atoms with Crippen molar-refractivity contribution in [3.05, 3.63) is 152 Å². The second-order valence-electron chi connectivity index (χ2n) is 14.3. The van der Waals surface area contributed by atoms with Crippen molar-refractivity contribution < 1.29 is 9.47 Å². The zero-order chi connectivity index (χ0) is 37.0. The number of fused-ring (bicyclic) bond motifs is 8. The SMILES string of the molecule is CCCCCCCCCCCCOc1ccc(C2=c3ccc([nH]3)=Cc3ccc([nH]3)C=c3ccc([nH]3)=C(c3ccc(OCCCBr)cc3)c3ccc2[nH]3)cc1. The third-order valence-corrected chi connectivity index (χ3v) is 10.7. The fourth-order valence-electron chi connectivity index (χ4n) is 7.28. The zero-order valence-electron chi connectivity index (χ0n) is 31.5. The van der Waals surface area contributed by atoms with Crippen molar-refractivity contribution in [2.75, 3.05) is 18.5 Å². The van der Waals surface area contributed by atoms with E-state index in [-0.39, 0.29) is 0 Å². The lowest BCUT2D eigenvalue weighted by Gasteiger charge is -2.11. The maximum atomic E-state index is 6.21. The molecule has 0 saturated carbocycles. The quantitative estimate of drug-likeness (QED) is 0.0518. The molecular formula is C47H53BrN4O2. The molecule has 0 unspecified atom stereocenters. The van der Waals surface area contributed by atoms with E-state index in [1.165, 1.54) is 57.8 Å². The molecule has 4 aromatic heterocycles. The third-order valence-electron chi connectivity index (χ3n) is 10.1. The number of rotatable bonds is 18. The van der Waals surface area contributed by atoms with Crippen molar-refractivity contribution >= 4 is 39.2 Å². The number of nitrogens with one attached hydrogen (secondary N) is 4. The van der Waals surface area contributed by atoms with Gasteiger partial charge in [0.25, 0.3) is 0 Å². The van der Waals surface area contributed by atoms with Gasteiger partial charge in [0.2, 0.25) is 0 Å². The molecule has 0 spiro atoms. The Labute approximate surface area is 327 Å². The first kappa shape index (κ1) is 37.4. The summed E-state index contributed by atoms with van der Waals surface area (Å²) in [6.07, 6.45) is 18.4. The van der Waals surface area contributed by atoms with E-state index < -0.39 is 0 Å². The van der Waals surface area contributed by atoms with Crippen LogP contribution in [-0.4, -0.2) is 38.5 Å². The molecule has 0 saturated heterocycles. The van der Waals surface area contributed by atoms with Crippen LogP contribution in [0.2, 0.25) is 0 Å². The minimum absolute atomic E-state index is 0.681. The van der Waals surface area contributed by atoms with E-state index in [1.54, 1.807) is 0 Å². The number of benzene rings is 2. The topological polar surface area (TPSA) is 81.6 Å².